The highest BCUT2D eigenvalue weighted by Gasteiger charge is 2.23. The van der Waals surface area contributed by atoms with Crippen molar-refractivity contribution in [2.75, 3.05) is 19.8 Å². The van der Waals surface area contributed by atoms with Gasteiger partial charge in [0.15, 0.2) is 11.6 Å². The van der Waals surface area contributed by atoms with Crippen LogP contribution in [-0.4, -0.2) is 35.8 Å². The summed E-state index contributed by atoms with van der Waals surface area (Å²) in [6, 6.07) is 1.35. The summed E-state index contributed by atoms with van der Waals surface area (Å²) >= 11 is 0. The third kappa shape index (κ3) is 4.99. The summed E-state index contributed by atoms with van der Waals surface area (Å²) < 4.78 is 23.9. The van der Waals surface area contributed by atoms with E-state index in [1.807, 2.05) is 6.92 Å². The Balaban J connectivity index is 2.72. The topological polar surface area (TPSA) is 98.9 Å². The van der Waals surface area contributed by atoms with Crippen molar-refractivity contribution in [2.45, 2.75) is 19.8 Å². The van der Waals surface area contributed by atoms with Crippen molar-refractivity contribution >= 4 is 11.7 Å². The average molecular weight is 301 g/mol. The van der Waals surface area contributed by atoms with E-state index >= 15 is 0 Å². The number of aromatic carboxylic acids is 1. The van der Waals surface area contributed by atoms with Crippen LogP contribution in [0, 0.1) is 15.9 Å². The standard InChI is InChI=1S/C13H16FNO6/c1-2-3-4-20-5-6-21-12-7-9(13(16)17)11(15(18)19)8-10(12)14/h7-8H,2-6H2,1H3,(H,16,17). The lowest BCUT2D eigenvalue weighted by molar-refractivity contribution is -0.385. The Morgan fingerprint density at radius 2 is 2.10 bits per heavy atom. The van der Waals surface area contributed by atoms with Crippen molar-refractivity contribution in [3.8, 4) is 5.75 Å². The summed E-state index contributed by atoms with van der Waals surface area (Å²) in [7, 11) is 0. The molecular weight excluding hydrogens is 285 g/mol. The number of carboxylic acid groups (broad SMARTS) is 1. The summed E-state index contributed by atoms with van der Waals surface area (Å²) in [6.45, 7) is 2.82. The van der Waals surface area contributed by atoms with Gasteiger partial charge in [0.05, 0.1) is 17.6 Å². The molecule has 1 N–H and O–H groups in total. The molecule has 0 fully saturated rings. The lowest BCUT2D eigenvalue weighted by Crippen LogP contribution is -2.10. The van der Waals surface area contributed by atoms with Gasteiger partial charge in [-0.05, 0) is 6.42 Å². The van der Waals surface area contributed by atoms with Crippen molar-refractivity contribution in [3.63, 3.8) is 0 Å². The Hall–Kier alpha value is -2.22. The highest BCUT2D eigenvalue weighted by molar-refractivity contribution is 5.92. The molecule has 0 aromatic heterocycles. The molecule has 0 unspecified atom stereocenters. The molecule has 8 heteroatoms. The monoisotopic (exact) mass is 301 g/mol. The number of hydrogen-bond acceptors (Lipinski definition) is 5. The van der Waals surface area contributed by atoms with Crippen LogP contribution >= 0.6 is 0 Å². The second-order valence-electron chi connectivity index (χ2n) is 4.18. The van der Waals surface area contributed by atoms with E-state index in [1.54, 1.807) is 0 Å². The molecule has 116 valence electrons. The molecule has 0 saturated heterocycles. The number of rotatable bonds is 9. The Labute approximate surface area is 120 Å². The van der Waals surface area contributed by atoms with Gasteiger partial charge >= 0.3 is 5.97 Å². The van der Waals surface area contributed by atoms with Crippen LogP contribution in [0.2, 0.25) is 0 Å². The second-order valence-corrected chi connectivity index (χ2v) is 4.18. The molecule has 0 bridgehead atoms. The molecule has 0 spiro atoms. The summed E-state index contributed by atoms with van der Waals surface area (Å²) in [6.07, 6.45) is 1.88. The van der Waals surface area contributed by atoms with Crippen molar-refractivity contribution < 1.29 is 28.7 Å². The van der Waals surface area contributed by atoms with Gasteiger partial charge in [0.2, 0.25) is 0 Å². The van der Waals surface area contributed by atoms with E-state index in [4.69, 9.17) is 14.6 Å². The number of hydrogen-bond donors (Lipinski definition) is 1. The number of carbonyl (C=O) groups is 1. The maximum Gasteiger partial charge on any atom is 0.342 e. The van der Waals surface area contributed by atoms with Crippen molar-refractivity contribution in [1.82, 2.24) is 0 Å². The summed E-state index contributed by atoms with van der Waals surface area (Å²) in [5, 5.41) is 19.6. The van der Waals surface area contributed by atoms with Crippen LogP contribution in [0.3, 0.4) is 0 Å². The molecule has 1 aromatic rings. The predicted molar refractivity (Wildman–Crippen MR) is 71.2 cm³/mol. The van der Waals surface area contributed by atoms with E-state index in [2.05, 4.69) is 0 Å². The highest BCUT2D eigenvalue weighted by atomic mass is 19.1. The number of nitro groups is 1. The maximum atomic E-state index is 13.6. The van der Waals surface area contributed by atoms with Crippen molar-refractivity contribution in [3.05, 3.63) is 33.6 Å². The van der Waals surface area contributed by atoms with E-state index in [0.717, 1.165) is 18.9 Å². The maximum absolute atomic E-state index is 13.6. The molecule has 0 heterocycles. The second kappa shape index (κ2) is 8.15. The van der Waals surface area contributed by atoms with Gasteiger partial charge in [0.1, 0.15) is 12.2 Å². The smallest absolute Gasteiger partial charge is 0.342 e. The van der Waals surface area contributed by atoms with Crippen LogP contribution < -0.4 is 4.74 Å². The largest absolute Gasteiger partial charge is 0.488 e. The first kappa shape index (κ1) is 16.8. The molecule has 0 amide bonds. The quantitative estimate of drug-likeness (QED) is 0.427. The lowest BCUT2D eigenvalue weighted by Gasteiger charge is -2.09. The fraction of sp³-hybridized carbons (Fsp3) is 0.462. The van der Waals surface area contributed by atoms with Crippen molar-refractivity contribution in [1.29, 1.82) is 0 Å². The number of benzene rings is 1. The van der Waals surface area contributed by atoms with E-state index < -0.39 is 28.0 Å². The zero-order chi connectivity index (χ0) is 15.8. The van der Waals surface area contributed by atoms with Crippen LogP contribution in [0.1, 0.15) is 30.1 Å². The Morgan fingerprint density at radius 1 is 1.38 bits per heavy atom. The zero-order valence-corrected chi connectivity index (χ0v) is 11.5. The van der Waals surface area contributed by atoms with Gasteiger partial charge in [0.25, 0.3) is 5.69 Å². The minimum atomic E-state index is -1.52. The first-order valence-electron chi connectivity index (χ1n) is 6.39. The van der Waals surface area contributed by atoms with Crippen LogP contribution in [0.5, 0.6) is 5.75 Å². The molecule has 0 aliphatic rings. The molecule has 21 heavy (non-hydrogen) atoms. The molecule has 1 rings (SSSR count). The molecule has 0 aliphatic carbocycles. The molecular formula is C13H16FNO6. The van der Waals surface area contributed by atoms with Gasteiger partial charge < -0.3 is 14.6 Å². The molecule has 0 aliphatic heterocycles. The fourth-order valence-electron chi connectivity index (χ4n) is 1.53. The summed E-state index contributed by atoms with van der Waals surface area (Å²) in [5.41, 5.74) is -1.44. The average Bonchev–Trinajstić information content (AvgIpc) is 2.43. The number of carboxylic acids is 1. The van der Waals surface area contributed by atoms with Crippen molar-refractivity contribution in [2.24, 2.45) is 0 Å². The molecule has 0 radical (unpaired) electrons. The number of ether oxygens (including phenoxy) is 2. The Morgan fingerprint density at radius 3 is 2.67 bits per heavy atom. The minimum absolute atomic E-state index is 0.0253. The Bertz CT molecular complexity index is 520. The molecule has 7 nitrogen and oxygen atoms in total. The molecule has 0 saturated carbocycles. The number of halogens is 1. The summed E-state index contributed by atoms with van der Waals surface area (Å²) in [5.74, 6) is -2.86. The van der Waals surface area contributed by atoms with Crippen LogP contribution in [-0.2, 0) is 4.74 Å². The Kier molecular flexibility index (Phi) is 6.54. The van der Waals surface area contributed by atoms with Gasteiger partial charge in [-0.2, -0.15) is 0 Å². The minimum Gasteiger partial charge on any atom is -0.488 e. The van der Waals surface area contributed by atoms with Crippen LogP contribution in [0.4, 0.5) is 10.1 Å². The van der Waals surface area contributed by atoms with Gasteiger partial charge in [0, 0.05) is 12.7 Å². The van der Waals surface area contributed by atoms with Gasteiger partial charge in [-0.25, -0.2) is 9.18 Å². The fourth-order valence-corrected chi connectivity index (χ4v) is 1.53. The first-order chi connectivity index (χ1) is 9.97. The SMILES string of the molecule is CCCCOCCOc1cc(C(=O)O)c([N+](=O)[O-])cc1F. The number of nitro benzene ring substituents is 1. The van der Waals surface area contributed by atoms with Crippen LogP contribution in [0.25, 0.3) is 0 Å². The lowest BCUT2D eigenvalue weighted by atomic mass is 10.1. The highest BCUT2D eigenvalue weighted by Crippen LogP contribution is 2.27. The van der Waals surface area contributed by atoms with Gasteiger partial charge in [-0.1, -0.05) is 13.3 Å². The first-order valence-corrected chi connectivity index (χ1v) is 6.39. The molecule has 0 atom stereocenters. The van der Waals surface area contributed by atoms with Gasteiger partial charge in [-0.15, -0.1) is 0 Å². The van der Waals surface area contributed by atoms with E-state index in [0.29, 0.717) is 12.7 Å². The third-order valence-corrected chi connectivity index (χ3v) is 2.60. The van der Waals surface area contributed by atoms with Gasteiger partial charge in [-0.3, -0.25) is 10.1 Å². The molecule has 1 aromatic carbocycles. The normalized spacial score (nSPS) is 10.4. The van der Waals surface area contributed by atoms with E-state index in [9.17, 15) is 19.3 Å². The zero-order valence-electron chi connectivity index (χ0n) is 11.5. The number of nitrogens with zero attached hydrogens (tertiary/aromatic N) is 1. The number of unbranched alkanes of at least 4 members (excludes halogenated alkanes) is 1. The van der Waals surface area contributed by atoms with E-state index in [-0.39, 0.29) is 19.0 Å². The third-order valence-electron chi connectivity index (χ3n) is 2.60. The summed E-state index contributed by atoms with van der Waals surface area (Å²) in [4.78, 5) is 20.6. The van der Waals surface area contributed by atoms with E-state index in [1.165, 1.54) is 0 Å². The predicted octanol–water partition coefficient (Wildman–Crippen LogP) is 2.63. The van der Waals surface area contributed by atoms with Crippen LogP contribution in [0.15, 0.2) is 12.1 Å².